The van der Waals surface area contributed by atoms with E-state index in [9.17, 15) is 9.59 Å². The molecule has 0 fully saturated rings. The predicted octanol–water partition coefficient (Wildman–Crippen LogP) is -0.650. The molecule has 1 amide bonds. The molecule has 0 aromatic carbocycles. The van der Waals surface area contributed by atoms with E-state index in [1.165, 1.54) is 12.4 Å². The zero-order valence-corrected chi connectivity index (χ0v) is 9.25. The normalized spacial score (nSPS) is 11.9. The molecule has 0 saturated carbocycles. The van der Waals surface area contributed by atoms with Crippen molar-refractivity contribution >= 4 is 11.9 Å². The van der Waals surface area contributed by atoms with E-state index in [0.29, 0.717) is 5.69 Å². The lowest BCUT2D eigenvalue weighted by molar-refractivity contribution is -0.146. The minimum Gasteiger partial charge on any atom is -0.479 e. The van der Waals surface area contributed by atoms with Crippen molar-refractivity contribution in [2.45, 2.75) is 19.4 Å². The SMILES string of the molecule is Cc1cnc(C(=O)NCCC(O)C(=O)O)cn1. The quantitative estimate of drug-likeness (QED) is 0.629. The standard InChI is InChI=1S/C10H13N3O4/c1-6-4-13-7(5-12-6)9(15)11-3-2-8(14)10(16)17/h4-5,8,14H,2-3H2,1H3,(H,11,15)(H,16,17). The van der Waals surface area contributed by atoms with Gasteiger partial charge in [0.2, 0.25) is 0 Å². The number of rotatable bonds is 5. The maximum absolute atomic E-state index is 11.5. The van der Waals surface area contributed by atoms with Gasteiger partial charge in [0.25, 0.3) is 5.91 Å². The number of carboxylic acids is 1. The third-order valence-electron chi connectivity index (χ3n) is 2.00. The number of carbonyl (C=O) groups is 2. The highest BCUT2D eigenvalue weighted by Gasteiger charge is 2.13. The molecular weight excluding hydrogens is 226 g/mol. The molecule has 17 heavy (non-hydrogen) atoms. The van der Waals surface area contributed by atoms with Gasteiger partial charge in [-0.2, -0.15) is 0 Å². The van der Waals surface area contributed by atoms with E-state index in [1.54, 1.807) is 6.92 Å². The average molecular weight is 239 g/mol. The summed E-state index contributed by atoms with van der Waals surface area (Å²) < 4.78 is 0. The summed E-state index contributed by atoms with van der Waals surface area (Å²) in [6.07, 6.45) is 1.26. The molecule has 0 radical (unpaired) electrons. The third kappa shape index (κ3) is 4.15. The van der Waals surface area contributed by atoms with Crippen molar-refractivity contribution in [2.75, 3.05) is 6.54 Å². The van der Waals surface area contributed by atoms with Gasteiger partial charge in [0, 0.05) is 19.2 Å². The molecule has 1 aromatic rings. The first kappa shape index (κ1) is 13.0. The van der Waals surface area contributed by atoms with Gasteiger partial charge < -0.3 is 15.5 Å². The van der Waals surface area contributed by atoms with E-state index in [0.717, 1.165) is 0 Å². The van der Waals surface area contributed by atoms with Crippen LogP contribution in [0.5, 0.6) is 0 Å². The average Bonchev–Trinajstić information content (AvgIpc) is 2.29. The maximum Gasteiger partial charge on any atom is 0.332 e. The van der Waals surface area contributed by atoms with Gasteiger partial charge in [-0.3, -0.25) is 9.78 Å². The third-order valence-corrected chi connectivity index (χ3v) is 2.00. The number of aromatic nitrogens is 2. The molecule has 7 nitrogen and oxygen atoms in total. The van der Waals surface area contributed by atoms with Crippen molar-refractivity contribution in [3.05, 3.63) is 23.8 Å². The Balaban J connectivity index is 2.40. The summed E-state index contributed by atoms with van der Waals surface area (Å²) in [5, 5.41) is 19.8. The van der Waals surface area contributed by atoms with Crippen LogP contribution in [-0.4, -0.2) is 44.7 Å². The number of carbonyl (C=O) groups excluding carboxylic acids is 1. The zero-order chi connectivity index (χ0) is 12.8. The van der Waals surface area contributed by atoms with Crippen LogP contribution >= 0.6 is 0 Å². The summed E-state index contributed by atoms with van der Waals surface area (Å²) in [4.78, 5) is 29.5. The molecule has 7 heteroatoms. The first-order valence-electron chi connectivity index (χ1n) is 4.98. The molecule has 0 aliphatic carbocycles. The Morgan fingerprint density at radius 1 is 1.41 bits per heavy atom. The number of aliphatic hydroxyl groups excluding tert-OH is 1. The minimum absolute atomic E-state index is 0.0552. The Hall–Kier alpha value is -2.02. The van der Waals surface area contributed by atoms with Crippen LogP contribution in [0.15, 0.2) is 12.4 Å². The fraction of sp³-hybridized carbons (Fsp3) is 0.400. The first-order chi connectivity index (χ1) is 8.00. The van der Waals surface area contributed by atoms with Crippen molar-refractivity contribution in [2.24, 2.45) is 0 Å². The largest absolute Gasteiger partial charge is 0.479 e. The number of aliphatic carboxylic acids is 1. The van der Waals surface area contributed by atoms with Crippen molar-refractivity contribution < 1.29 is 19.8 Å². The van der Waals surface area contributed by atoms with Crippen LogP contribution in [0.25, 0.3) is 0 Å². The second-order valence-corrected chi connectivity index (χ2v) is 3.44. The van der Waals surface area contributed by atoms with E-state index >= 15 is 0 Å². The number of hydrogen-bond acceptors (Lipinski definition) is 5. The Labute approximate surface area is 97.5 Å². The summed E-state index contributed by atoms with van der Waals surface area (Å²) in [6, 6.07) is 0. The van der Waals surface area contributed by atoms with Gasteiger partial charge in [-0.15, -0.1) is 0 Å². The van der Waals surface area contributed by atoms with E-state index in [1.807, 2.05) is 0 Å². The molecule has 1 heterocycles. The molecule has 0 bridgehead atoms. The highest BCUT2D eigenvalue weighted by molar-refractivity contribution is 5.91. The van der Waals surface area contributed by atoms with Crippen LogP contribution in [-0.2, 0) is 4.79 Å². The molecule has 0 saturated heterocycles. The number of amides is 1. The number of aliphatic hydroxyl groups is 1. The molecule has 1 aromatic heterocycles. The number of aryl methyl sites for hydroxylation is 1. The lowest BCUT2D eigenvalue weighted by Gasteiger charge is -2.06. The predicted molar refractivity (Wildman–Crippen MR) is 57.4 cm³/mol. The number of carboxylic acid groups (broad SMARTS) is 1. The molecule has 1 rings (SSSR count). The Morgan fingerprint density at radius 2 is 2.12 bits per heavy atom. The second-order valence-electron chi connectivity index (χ2n) is 3.44. The van der Waals surface area contributed by atoms with Crippen LogP contribution in [0.3, 0.4) is 0 Å². The van der Waals surface area contributed by atoms with E-state index in [2.05, 4.69) is 15.3 Å². The van der Waals surface area contributed by atoms with Crippen LogP contribution < -0.4 is 5.32 Å². The van der Waals surface area contributed by atoms with Crippen molar-refractivity contribution in [1.29, 1.82) is 0 Å². The van der Waals surface area contributed by atoms with Crippen LogP contribution in [0, 0.1) is 6.92 Å². The number of nitrogens with zero attached hydrogens (tertiary/aromatic N) is 2. The second kappa shape index (κ2) is 5.90. The fourth-order valence-electron chi connectivity index (χ4n) is 1.05. The molecule has 3 N–H and O–H groups in total. The fourth-order valence-corrected chi connectivity index (χ4v) is 1.05. The molecule has 1 atom stereocenters. The minimum atomic E-state index is -1.47. The number of hydrogen-bond donors (Lipinski definition) is 3. The van der Waals surface area contributed by atoms with Gasteiger partial charge >= 0.3 is 5.97 Å². The van der Waals surface area contributed by atoms with Crippen LogP contribution in [0.4, 0.5) is 0 Å². The van der Waals surface area contributed by atoms with Gasteiger partial charge in [0.05, 0.1) is 11.9 Å². The van der Waals surface area contributed by atoms with Crippen molar-refractivity contribution in [1.82, 2.24) is 15.3 Å². The Bertz CT molecular complexity index is 405. The maximum atomic E-state index is 11.5. The molecule has 1 unspecified atom stereocenters. The molecule has 0 aliphatic heterocycles. The highest BCUT2D eigenvalue weighted by atomic mass is 16.4. The first-order valence-corrected chi connectivity index (χ1v) is 4.98. The molecule has 0 spiro atoms. The lowest BCUT2D eigenvalue weighted by atomic mass is 10.2. The Kier molecular flexibility index (Phi) is 4.53. The smallest absolute Gasteiger partial charge is 0.332 e. The van der Waals surface area contributed by atoms with Crippen molar-refractivity contribution in [3.63, 3.8) is 0 Å². The molecule has 92 valence electrons. The monoisotopic (exact) mass is 239 g/mol. The molecular formula is C10H13N3O4. The van der Waals surface area contributed by atoms with E-state index in [4.69, 9.17) is 10.2 Å². The van der Waals surface area contributed by atoms with Crippen LogP contribution in [0.1, 0.15) is 22.6 Å². The van der Waals surface area contributed by atoms with Gasteiger partial charge in [-0.25, -0.2) is 9.78 Å². The van der Waals surface area contributed by atoms with Gasteiger partial charge in [0.15, 0.2) is 6.10 Å². The lowest BCUT2D eigenvalue weighted by Crippen LogP contribution is -2.30. The molecule has 0 aliphatic rings. The summed E-state index contributed by atoms with van der Waals surface area (Å²) in [5.41, 5.74) is 0.850. The van der Waals surface area contributed by atoms with E-state index in [-0.39, 0.29) is 18.7 Å². The summed E-state index contributed by atoms with van der Waals surface area (Å²) in [6.45, 7) is 1.81. The summed E-state index contributed by atoms with van der Waals surface area (Å²) in [7, 11) is 0. The van der Waals surface area contributed by atoms with Crippen LogP contribution in [0.2, 0.25) is 0 Å². The zero-order valence-electron chi connectivity index (χ0n) is 9.25. The summed E-state index contributed by atoms with van der Waals surface area (Å²) in [5.74, 6) is -1.76. The number of nitrogens with one attached hydrogen (secondary N) is 1. The van der Waals surface area contributed by atoms with Gasteiger partial charge in [0.1, 0.15) is 5.69 Å². The summed E-state index contributed by atoms with van der Waals surface area (Å²) >= 11 is 0. The highest BCUT2D eigenvalue weighted by Crippen LogP contribution is 1.95. The van der Waals surface area contributed by atoms with Crippen molar-refractivity contribution in [3.8, 4) is 0 Å². The van der Waals surface area contributed by atoms with Gasteiger partial charge in [-0.1, -0.05) is 0 Å². The van der Waals surface area contributed by atoms with E-state index < -0.39 is 18.0 Å². The van der Waals surface area contributed by atoms with Gasteiger partial charge in [-0.05, 0) is 6.92 Å². The Morgan fingerprint density at radius 3 is 2.65 bits per heavy atom. The topological polar surface area (TPSA) is 112 Å².